The Bertz CT molecular complexity index is 748. The number of aryl methyl sites for hydroxylation is 2. The average Bonchev–Trinajstić information content (AvgIpc) is 3.08. The number of fused-ring (bicyclic) bond motifs is 1. The molecular formula is C19H29N3O3S. The van der Waals surface area contributed by atoms with Crippen molar-refractivity contribution in [3.63, 3.8) is 0 Å². The van der Waals surface area contributed by atoms with Crippen LogP contribution in [0, 0.1) is 5.92 Å². The van der Waals surface area contributed by atoms with Crippen molar-refractivity contribution in [2.24, 2.45) is 11.7 Å². The summed E-state index contributed by atoms with van der Waals surface area (Å²) in [5, 5.41) is 2.99. The fourth-order valence-electron chi connectivity index (χ4n) is 4.05. The summed E-state index contributed by atoms with van der Waals surface area (Å²) in [4.78, 5) is 12.4. The van der Waals surface area contributed by atoms with E-state index in [2.05, 4.69) is 10.0 Å². The highest BCUT2D eigenvalue weighted by Gasteiger charge is 2.27. The first kappa shape index (κ1) is 19.3. The number of nitrogens with two attached hydrogens (primary N) is 1. The van der Waals surface area contributed by atoms with Gasteiger partial charge in [-0.3, -0.25) is 4.79 Å². The summed E-state index contributed by atoms with van der Waals surface area (Å²) in [6.07, 6.45) is 7.45. The van der Waals surface area contributed by atoms with Gasteiger partial charge in [0.2, 0.25) is 15.9 Å². The standard InChI is InChI=1S/C19H29N3O3S/c20-13-16-6-3-7-18(16)22-19(23)10-11-21-26(24,25)17-9-8-14-4-1-2-5-15(14)12-17/h8-9,12,16,18,21H,1-7,10-11,13,20H2,(H,22,23). The van der Waals surface area contributed by atoms with Crippen molar-refractivity contribution in [2.45, 2.75) is 62.3 Å². The third kappa shape index (κ3) is 4.64. The van der Waals surface area contributed by atoms with Crippen LogP contribution in [0.4, 0.5) is 0 Å². The number of carbonyl (C=O) groups excluding carboxylic acids is 1. The molecule has 26 heavy (non-hydrogen) atoms. The zero-order chi connectivity index (χ0) is 18.6. The summed E-state index contributed by atoms with van der Waals surface area (Å²) in [6.45, 7) is 0.682. The van der Waals surface area contributed by atoms with E-state index in [1.165, 1.54) is 12.0 Å². The lowest BCUT2D eigenvalue weighted by Crippen LogP contribution is -2.41. The summed E-state index contributed by atoms with van der Waals surface area (Å²) >= 11 is 0. The van der Waals surface area contributed by atoms with Crippen LogP contribution in [0.2, 0.25) is 0 Å². The second-order valence-electron chi connectivity index (χ2n) is 7.39. The fraction of sp³-hybridized carbons (Fsp3) is 0.632. The summed E-state index contributed by atoms with van der Waals surface area (Å²) in [7, 11) is -3.58. The van der Waals surface area contributed by atoms with Gasteiger partial charge in [-0.05, 0) is 74.2 Å². The number of benzene rings is 1. The van der Waals surface area contributed by atoms with Crippen LogP contribution in [0.25, 0.3) is 0 Å². The second kappa shape index (κ2) is 8.50. The summed E-state index contributed by atoms with van der Waals surface area (Å²) in [6, 6.07) is 5.49. The van der Waals surface area contributed by atoms with Crippen molar-refractivity contribution in [2.75, 3.05) is 13.1 Å². The summed E-state index contributed by atoms with van der Waals surface area (Å²) in [5.41, 5.74) is 8.11. The molecule has 144 valence electrons. The van der Waals surface area contributed by atoms with Gasteiger partial charge in [0.25, 0.3) is 0 Å². The van der Waals surface area contributed by atoms with E-state index in [0.717, 1.165) is 44.1 Å². The highest BCUT2D eigenvalue weighted by molar-refractivity contribution is 7.89. The molecule has 1 fully saturated rings. The van der Waals surface area contributed by atoms with Crippen LogP contribution in [0.1, 0.15) is 49.7 Å². The first-order valence-corrected chi connectivity index (χ1v) is 11.1. The Labute approximate surface area is 156 Å². The Hall–Kier alpha value is -1.44. The Morgan fingerprint density at radius 2 is 1.88 bits per heavy atom. The number of nitrogens with one attached hydrogen (secondary N) is 2. The molecule has 4 N–H and O–H groups in total. The maximum absolute atomic E-state index is 12.5. The van der Waals surface area contributed by atoms with Gasteiger partial charge in [0, 0.05) is 19.0 Å². The van der Waals surface area contributed by atoms with Crippen LogP contribution in [-0.4, -0.2) is 33.5 Å². The van der Waals surface area contributed by atoms with Gasteiger partial charge in [0.1, 0.15) is 0 Å². The first-order valence-electron chi connectivity index (χ1n) is 9.60. The number of carbonyl (C=O) groups is 1. The first-order chi connectivity index (χ1) is 12.5. The largest absolute Gasteiger partial charge is 0.353 e. The topological polar surface area (TPSA) is 101 Å². The third-order valence-corrected chi connectivity index (χ3v) is 7.04. The van der Waals surface area contributed by atoms with E-state index in [-0.39, 0.29) is 29.8 Å². The normalized spacial score (nSPS) is 22.8. The fourth-order valence-corrected chi connectivity index (χ4v) is 5.13. The minimum atomic E-state index is -3.58. The highest BCUT2D eigenvalue weighted by atomic mass is 32.2. The van der Waals surface area contributed by atoms with E-state index in [1.807, 2.05) is 6.07 Å². The molecular weight excluding hydrogens is 350 g/mol. The van der Waals surface area contributed by atoms with E-state index in [4.69, 9.17) is 5.73 Å². The summed E-state index contributed by atoms with van der Waals surface area (Å²) < 4.78 is 27.5. The zero-order valence-corrected chi connectivity index (χ0v) is 16.0. The Balaban J connectivity index is 1.51. The molecule has 2 atom stereocenters. The minimum Gasteiger partial charge on any atom is -0.353 e. The van der Waals surface area contributed by atoms with Gasteiger partial charge in [-0.25, -0.2) is 13.1 Å². The highest BCUT2D eigenvalue weighted by Crippen LogP contribution is 2.25. The maximum Gasteiger partial charge on any atom is 0.240 e. The van der Waals surface area contributed by atoms with Gasteiger partial charge in [-0.1, -0.05) is 12.5 Å². The van der Waals surface area contributed by atoms with E-state index in [9.17, 15) is 13.2 Å². The number of sulfonamides is 1. The van der Waals surface area contributed by atoms with Crippen molar-refractivity contribution in [1.82, 2.24) is 10.0 Å². The van der Waals surface area contributed by atoms with Gasteiger partial charge in [0.15, 0.2) is 0 Å². The molecule has 0 heterocycles. The molecule has 1 aromatic carbocycles. The Morgan fingerprint density at radius 3 is 2.65 bits per heavy atom. The van der Waals surface area contributed by atoms with Gasteiger partial charge < -0.3 is 11.1 Å². The zero-order valence-electron chi connectivity index (χ0n) is 15.2. The Morgan fingerprint density at radius 1 is 1.12 bits per heavy atom. The van der Waals surface area contributed by atoms with Crippen LogP contribution in [0.3, 0.4) is 0 Å². The van der Waals surface area contributed by atoms with Gasteiger partial charge in [-0.2, -0.15) is 0 Å². The lowest BCUT2D eigenvalue weighted by Gasteiger charge is -2.19. The van der Waals surface area contributed by atoms with E-state index in [1.54, 1.807) is 12.1 Å². The smallest absolute Gasteiger partial charge is 0.240 e. The van der Waals surface area contributed by atoms with Crippen molar-refractivity contribution < 1.29 is 13.2 Å². The molecule has 2 aliphatic rings. The van der Waals surface area contributed by atoms with Crippen LogP contribution in [0.5, 0.6) is 0 Å². The van der Waals surface area contributed by atoms with Crippen LogP contribution in [0.15, 0.2) is 23.1 Å². The van der Waals surface area contributed by atoms with Gasteiger partial charge in [0.05, 0.1) is 4.90 Å². The molecule has 0 aromatic heterocycles. The molecule has 0 spiro atoms. The molecule has 6 nitrogen and oxygen atoms in total. The van der Waals surface area contributed by atoms with Crippen molar-refractivity contribution in [3.05, 3.63) is 29.3 Å². The second-order valence-corrected chi connectivity index (χ2v) is 9.15. The quantitative estimate of drug-likeness (QED) is 0.668. The molecule has 3 rings (SSSR count). The number of amides is 1. The molecule has 2 aliphatic carbocycles. The van der Waals surface area contributed by atoms with E-state index < -0.39 is 10.0 Å². The Kier molecular flexibility index (Phi) is 6.32. The van der Waals surface area contributed by atoms with Crippen LogP contribution in [-0.2, 0) is 27.7 Å². The van der Waals surface area contributed by atoms with Crippen LogP contribution < -0.4 is 15.8 Å². The monoisotopic (exact) mass is 379 g/mol. The third-order valence-electron chi connectivity index (χ3n) is 5.58. The average molecular weight is 380 g/mol. The van der Waals surface area contributed by atoms with Crippen LogP contribution >= 0.6 is 0 Å². The van der Waals surface area contributed by atoms with Gasteiger partial charge >= 0.3 is 0 Å². The minimum absolute atomic E-state index is 0.102. The lowest BCUT2D eigenvalue weighted by molar-refractivity contribution is -0.121. The maximum atomic E-state index is 12.5. The molecule has 2 unspecified atom stereocenters. The number of rotatable bonds is 7. The number of hydrogen-bond acceptors (Lipinski definition) is 4. The molecule has 0 aliphatic heterocycles. The molecule has 1 aromatic rings. The molecule has 7 heteroatoms. The van der Waals surface area contributed by atoms with Crippen molar-refractivity contribution in [1.29, 1.82) is 0 Å². The van der Waals surface area contributed by atoms with Crippen molar-refractivity contribution >= 4 is 15.9 Å². The van der Waals surface area contributed by atoms with Gasteiger partial charge in [-0.15, -0.1) is 0 Å². The predicted molar refractivity (Wildman–Crippen MR) is 101 cm³/mol. The molecule has 1 amide bonds. The predicted octanol–water partition coefficient (Wildman–Crippen LogP) is 1.48. The molecule has 0 bridgehead atoms. The summed E-state index contributed by atoms with van der Waals surface area (Å²) in [5.74, 6) is 0.217. The molecule has 1 saturated carbocycles. The lowest BCUT2D eigenvalue weighted by atomic mass is 9.92. The van der Waals surface area contributed by atoms with E-state index >= 15 is 0 Å². The van der Waals surface area contributed by atoms with E-state index in [0.29, 0.717) is 12.5 Å². The number of hydrogen-bond donors (Lipinski definition) is 3. The van der Waals surface area contributed by atoms with Crippen molar-refractivity contribution in [3.8, 4) is 0 Å². The molecule has 0 saturated heterocycles. The molecule has 0 radical (unpaired) electrons. The SMILES string of the molecule is NCC1CCCC1NC(=O)CCNS(=O)(=O)c1ccc2c(c1)CCCC2.